The molecule has 26 heavy (non-hydrogen) atoms. The average molecular weight is 356 g/mol. The Morgan fingerprint density at radius 1 is 1.19 bits per heavy atom. The quantitative estimate of drug-likeness (QED) is 0.741. The van der Waals surface area contributed by atoms with Gasteiger partial charge in [-0.05, 0) is 31.9 Å². The SMILES string of the molecule is CCOc1ccccc1C(=O)Nc1cn[nH]c1C(=O)NC1CCCCC1. The van der Waals surface area contributed by atoms with Crippen LogP contribution in [0.15, 0.2) is 30.5 Å². The van der Waals surface area contributed by atoms with Crippen molar-refractivity contribution in [3.8, 4) is 5.75 Å². The number of H-pyrrole nitrogens is 1. The Morgan fingerprint density at radius 2 is 1.96 bits per heavy atom. The molecule has 1 heterocycles. The van der Waals surface area contributed by atoms with Crippen molar-refractivity contribution in [2.75, 3.05) is 11.9 Å². The molecule has 3 N–H and O–H groups in total. The molecule has 0 atom stereocenters. The number of amides is 2. The van der Waals surface area contributed by atoms with E-state index in [1.54, 1.807) is 18.2 Å². The van der Waals surface area contributed by atoms with Crippen molar-refractivity contribution in [1.82, 2.24) is 15.5 Å². The molecular formula is C19H24N4O3. The van der Waals surface area contributed by atoms with E-state index in [2.05, 4.69) is 20.8 Å². The van der Waals surface area contributed by atoms with E-state index in [4.69, 9.17) is 4.74 Å². The second-order valence-corrected chi connectivity index (χ2v) is 6.35. The van der Waals surface area contributed by atoms with Gasteiger partial charge in [0.25, 0.3) is 11.8 Å². The average Bonchev–Trinajstić information content (AvgIpc) is 3.11. The van der Waals surface area contributed by atoms with E-state index >= 15 is 0 Å². The van der Waals surface area contributed by atoms with Crippen molar-refractivity contribution in [3.63, 3.8) is 0 Å². The van der Waals surface area contributed by atoms with Crippen LogP contribution in [0.2, 0.25) is 0 Å². The summed E-state index contributed by atoms with van der Waals surface area (Å²) < 4.78 is 5.49. The molecule has 7 nitrogen and oxygen atoms in total. The van der Waals surface area contributed by atoms with E-state index in [0.29, 0.717) is 23.6 Å². The number of rotatable bonds is 6. The number of carbonyl (C=O) groups is 2. The smallest absolute Gasteiger partial charge is 0.271 e. The predicted molar refractivity (Wildman–Crippen MR) is 98.5 cm³/mol. The highest BCUT2D eigenvalue weighted by atomic mass is 16.5. The van der Waals surface area contributed by atoms with Crippen LogP contribution in [0.3, 0.4) is 0 Å². The molecule has 1 aliphatic carbocycles. The molecule has 1 aliphatic rings. The fourth-order valence-electron chi connectivity index (χ4n) is 3.18. The highest BCUT2D eigenvalue weighted by molar-refractivity contribution is 6.09. The van der Waals surface area contributed by atoms with Gasteiger partial charge in [0.15, 0.2) is 0 Å². The maximum Gasteiger partial charge on any atom is 0.271 e. The lowest BCUT2D eigenvalue weighted by Gasteiger charge is -2.22. The summed E-state index contributed by atoms with van der Waals surface area (Å²) in [5.41, 5.74) is 1.03. The zero-order chi connectivity index (χ0) is 18.4. The van der Waals surface area contributed by atoms with Crippen LogP contribution < -0.4 is 15.4 Å². The molecular weight excluding hydrogens is 332 g/mol. The van der Waals surface area contributed by atoms with Crippen molar-refractivity contribution in [1.29, 1.82) is 0 Å². The summed E-state index contributed by atoms with van der Waals surface area (Å²) >= 11 is 0. The molecule has 0 bridgehead atoms. The summed E-state index contributed by atoms with van der Waals surface area (Å²) in [6.07, 6.45) is 6.90. The summed E-state index contributed by atoms with van der Waals surface area (Å²) in [6, 6.07) is 7.18. The third-order valence-electron chi connectivity index (χ3n) is 4.49. The largest absolute Gasteiger partial charge is 0.493 e. The zero-order valence-electron chi connectivity index (χ0n) is 14.9. The van der Waals surface area contributed by atoms with Gasteiger partial charge in [-0.2, -0.15) is 5.10 Å². The second kappa shape index (κ2) is 8.51. The van der Waals surface area contributed by atoms with Crippen LogP contribution in [-0.4, -0.2) is 34.7 Å². The molecule has 0 unspecified atom stereocenters. The number of hydrogen-bond acceptors (Lipinski definition) is 4. The van der Waals surface area contributed by atoms with Gasteiger partial charge in [-0.15, -0.1) is 0 Å². The summed E-state index contributed by atoms with van der Waals surface area (Å²) in [4.78, 5) is 25.1. The van der Waals surface area contributed by atoms with Gasteiger partial charge in [-0.3, -0.25) is 14.7 Å². The molecule has 1 aromatic carbocycles. The standard InChI is InChI=1S/C19H24N4O3/c1-2-26-16-11-7-6-10-14(16)18(24)22-15-12-20-23-17(15)19(25)21-13-8-4-3-5-9-13/h6-7,10-13H,2-5,8-9H2,1H3,(H,20,23)(H,21,25)(H,22,24). The first kappa shape index (κ1) is 18.0. The van der Waals surface area contributed by atoms with Crippen molar-refractivity contribution in [3.05, 3.63) is 41.7 Å². The van der Waals surface area contributed by atoms with Gasteiger partial charge in [0.05, 0.1) is 24.1 Å². The number of nitrogens with one attached hydrogen (secondary N) is 3. The lowest BCUT2D eigenvalue weighted by molar-refractivity contribution is 0.0923. The van der Waals surface area contributed by atoms with E-state index in [0.717, 1.165) is 25.7 Å². The van der Waals surface area contributed by atoms with Crippen LogP contribution in [0.5, 0.6) is 5.75 Å². The monoisotopic (exact) mass is 356 g/mol. The van der Waals surface area contributed by atoms with Gasteiger partial charge in [-0.1, -0.05) is 31.4 Å². The Morgan fingerprint density at radius 3 is 2.73 bits per heavy atom. The minimum Gasteiger partial charge on any atom is -0.493 e. The minimum absolute atomic E-state index is 0.182. The lowest BCUT2D eigenvalue weighted by Crippen LogP contribution is -2.36. The first-order valence-corrected chi connectivity index (χ1v) is 9.06. The highest BCUT2D eigenvalue weighted by Crippen LogP contribution is 2.22. The van der Waals surface area contributed by atoms with Gasteiger partial charge >= 0.3 is 0 Å². The number of ether oxygens (including phenoxy) is 1. The van der Waals surface area contributed by atoms with Gasteiger partial charge in [0.2, 0.25) is 0 Å². The maximum absolute atomic E-state index is 12.6. The highest BCUT2D eigenvalue weighted by Gasteiger charge is 2.22. The Hall–Kier alpha value is -2.83. The number of para-hydroxylation sites is 1. The Kier molecular flexibility index (Phi) is 5.88. The molecule has 138 valence electrons. The summed E-state index contributed by atoms with van der Waals surface area (Å²) in [5, 5.41) is 12.4. The number of carbonyl (C=O) groups excluding carboxylic acids is 2. The van der Waals surface area contributed by atoms with Crippen LogP contribution in [0.4, 0.5) is 5.69 Å². The first-order valence-electron chi connectivity index (χ1n) is 9.06. The summed E-state index contributed by atoms with van der Waals surface area (Å²) in [7, 11) is 0. The van der Waals surface area contributed by atoms with Gasteiger partial charge in [0.1, 0.15) is 11.4 Å². The van der Waals surface area contributed by atoms with Crippen molar-refractivity contribution < 1.29 is 14.3 Å². The van der Waals surface area contributed by atoms with Crippen molar-refractivity contribution >= 4 is 17.5 Å². The number of aromatic amines is 1. The molecule has 2 amide bonds. The molecule has 1 fully saturated rings. The zero-order valence-corrected chi connectivity index (χ0v) is 14.9. The summed E-state index contributed by atoms with van der Waals surface area (Å²) in [5.74, 6) is -0.0887. The number of aromatic nitrogens is 2. The van der Waals surface area contributed by atoms with E-state index in [-0.39, 0.29) is 23.6 Å². The summed E-state index contributed by atoms with van der Waals surface area (Å²) in [6.45, 7) is 2.32. The van der Waals surface area contributed by atoms with Gasteiger partial charge in [0, 0.05) is 6.04 Å². The van der Waals surface area contributed by atoms with Gasteiger partial charge in [-0.25, -0.2) is 0 Å². The molecule has 7 heteroatoms. The molecule has 0 saturated heterocycles. The van der Waals surface area contributed by atoms with E-state index in [9.17, 15) is 9.59 Å². The molecule has 2 aromatic rings. The van der Waals surface area contributed by atoms with Crippen molar-refractivity contribution in [2.24, 2.45) is 0 Å². The lowest BCUT2D eigenvalue weighted by atomic mass is 9.95. The normalized spacial score (nSPS) is 14.7. The Labute approximate surface area is 152 Å². The minimum atomic E-state index is -0.345. The molecule has 3 rings (SSSR count). The second-order valence-electron chi connectivity index (χ2n) is 6.35. The molecule has 1 aromatic heterocycles. The Bertz CT molecular complexity index is 766. The van der Waals surface area contributed by atoms with Crippen LogP contribution in [0, 0.1) is 0 Å². The number of hydrogen-bond donors (Lipinski definition) is 3. The van der Waals surface area contributed by atoms with Crippen LogP contribution in [-0.2, 0) is 0 Å². The third kappa shape index (κ3) is 4.22. The third-order valence-corrected chi connectivity index (χ3v) is 4.49. The molecule has 0 radical (unpaired) electrons. The van der Waals surface area contributed by atoms with Crippen LogP contribution in [0.25, 0.3) is 0 Å². The van der Waals surface area contributed by atoms with E-state index < -0.39 is 0 Å². The molecule has 0 spiro atoms. The molecule has 1 saturated carbocycles. The first-order chi connectivity index (χ1) is 12.7. The Balaban J connectivity index is 1.70. The van der Waals surface area contributed by atoms with Crippen molar-refractivity contribution in [2.45, 2.75) is 45.1 Å². The number of benzene rings is 1. The van der Waals surface area contributed by atoms with Crippen LogP contribution >= 0.6 is 0 Å². The fourth-order valence-corrected chi connectivity index (χ4v) is 3.18. The van der Waals surface area contributed by atoms with E-state index in [1.165, 1.54) is 12.6 Å². The predicted octanol–water partition coefficient (Wildman–Crippen LogP) is 3.12. The maximum atomic E-state index is 12.6. The number of nitrogens with zero attached hydrogens (tertiary/aromatic N) is 1. The fraction of sp³-hybridized carbons (Fsp3) is 0.421. The van der Waals surface area contributed by atoms with Crippen LogP contribution in [0.1, 0.15) is 59.9 Å². The van der Waals surface area contributed by atoms with Gasteiger partial charge < -0.3 is 15.4 Å². The topological polar surface area (TPSA) is 96.1 Å². The molecule has 0 aliphatic heterocycles. The number of anilines is 1. The van der Waals surface area contributed by atoms with E-state index in [1.807, 2.05) is 13.0 Å².